The maximum absolute atomic E-state index is 6.95. The molecule has 11 aromatic carbocycles. The Hall–Kier alpha value is -8.72. The quantitative estimate of drug-likeness (QED) is 0.171. The fraction of sp³-hybridized carbons (Fsp3) is 0.158. The molecule has 2 nitrogen and oxygen atoms in total. The lowest BCUT2D eigenvalue weighted by atomic mass is 9.70. The van der Waals surface area contributed by atoms with Crippen molar-refractivity contribution in [3.63, 3.8) is 0 Å². The van der Waals surface area contributed by atoms with Crippen molar-refractivity contribution in [2.24, 2.45) is 0 Å². The van der Waals surface area contributed by atoms with Gasteiger partial charge in [0.25, 0.3) is 0 Å². The molecule has 2 heteroatoms. The summed E-state index contributed by atoms with van der Waals surface area (Å²) in [6.45, 7) is 14.8. The summed E-state index contributed by atoms with van der Waals surface area (Å²) in [6, 6.07) is 79.9. The first-order valence-electron chi connectivity index (χ1n) is 28.1. The zero-order chi connectivity index (χ0) is 52.4. The molecule has 0 radical (unpaired) electrons. The molecule has 0 unspecified atom stereocenters. The molecule has 0 aliphatic heterocycles. The fourth-order valence-corrected chi connectivity index (χ4v) is 15.2. The summed E-state index contributed by atoms with van der Waals surface area (Å²) >= 11 is 0. The number of para-hydroxylation sites is 1. The van der Waals surface area contributed by atoms with E-state index in [1.165, 1.54) is 116 Å². The van der Waals surface area contributed by atoms with Crippen LogP contribution in [-0.2, 0) is 29.1 Å². The van der Waals surface area contributed by atoms with E-state index in [0.29, 0.717) is 0 Å². The number of aryl methyl sites for hydroxylation is 1. The summed E-state index contributed by atoms with van der Waals surface area (Å²) < 4.78 is 6.95. The van der Waals surface area contributed by atoms with Gasteiger partial charge in [0.05, 0.1) is 0 Å². The van der Waals surface area contributed by atoms with Gasteiger partial charge in [-0.25, -0.2) is 0 Å². The normalized spacial score (nSPS) is 15.5. The van der Waals surface area contributed by atoms with Crippen LogP contribution >= 0.6 is 0 Å². The molecule has 78 heavy (non-hydrogen) atoms. The van der Waals surface area contributed by atoms with Crippen molar-refractivity contribution >= 4 is 49.8 Å². The molecule has 0 atom stereocenters. The molecule has 0 fully saturated rings. The van der Waals surface area contributed by atoms with E-state index in [1.807, 2.05) is 0 Å². The van der Waals surface area contributed by atoms with Crippen LogP contribution in [0.3, 0.4) is 0 Å². The molecule has 0 saturated carbocycles. The van der Waals surface area contributed by atoms with Crippen molar-refractivity contribution in [2.45, 2.75) is 77.0 Å². The van der Waals surface area contributed by atoms with Crippen LogP contribution in [-0.4, -0.2) is 0 Å². The summed E-state index contributed by atoms with van der Waals surface area (Å²) in [5, 5.41) is 4.80. The van der Waals surface area contributed by atoms with E-state index in [9.17, 15) is 0 Å². The van der Waals surface area contributed by atoms with Crippen molar-refractivity contribution in [2.75, 3.05) is 4.90 Å². The monoisotopic (exact) mass is 1000 g/mol. The van der Waals surface area contributed by atoms with Gasteiger partial charge >= 0.3 is 0 Å². The minimum Gasteiger partial charge on any atom is -0.455 e. The average Bonchev–Trinajstić information content (AvgIpc) is 4.25. The Morgan fingerprint density at radius 3 is 1.76 bits per heavy atom. The largest absolute Gasteiger partial charge is 0.455 e. The molecular weight excluding hydrogens is 943 g/mol. The van der Waals surface area contributed by atoms with Crippen LogP contribution in [0.1, 0.15) is 92.5 Å². The Balaban J connectivity index is 0.908. The van der Waals surface area contributed by atoms with Crippen LogP contribution in [0.5, 0.6) is 0 Å². The van der Waals surface area contributed by atoms with Gasteiger partial charge < -0.3 is 9.32 Å². The average molecular weight is 1000 g/mol. The zero-order valence-electron chi connectivity index (χ0n) is 45.2. The van der Waals surface area contributed by atoms with Gasteiger partial charge in [0.1, 0.15) is 11.2 Å². The molecule has 4 aliphatic rings. The molecule has 0 amide bonds. The highest BCUT2D eigenvalue weighted by Gasteiger charge is 2.49. The van der Waals surface area contributed by atoms with Crippen molar-refractivity contribution in [3.05, 3.63) is 257 Å². The van der Waals surface area contributed by atoms with Crippen LogP contribution in [0, 0.1) is 0 Å². The summed E-state index contributed by atoms with van der Waals surface area (Å²) in [4.78, 5) is 2.52. The predicted octanol–water partition coefficient (Wildman–Crippen LogP) is 20.6. The number of benzene rings is 11. The SMILES string of the molecule is CC1(C)c2cc(N(c3ccc(-c4ccccc4)cc3)c3ccc4c(c3)C(C)(C)c3c-4c4c(c5c3C(C)(C)c3ccccc3-5)CCCc3ccccc3-4)ccc2-c2c1cc(-c1ccc3ccccc3c1)c1oc3ccccc3c21. The fourth-order valence-electron chi connectivity index (χ4n) is 15.2. The van der Waals surface area contributed by atoms with E-state index in [4.69, 9.17) is 4.42 Å². The van der Waals surface area contributed by atoms with Crippen molar-refractivity contribution in [3.8, 4) is 66.8 Å². The van der Waals surface area contributed by atoms with E-state index in [-0.39, 0.29) is 16.2 Å². The van der Waals surface area contributed by atoms with Crippen LogP contribution in [0.4, 0.5) is 17.1 Å². The van der Waals surface area contributed by atoms with Gasteiger partial charge in [0.15, 0.2) is 0 Å². The van der Waals surface area contributed by atoms with E-state index in [0.717, 1.165) is 64.0 Å². The molecule has 4 aliphatic carbocycles. The zero-order valence-corrected chi connectivity index (χ0v) is 45.2. The maximum Gasteiger partial charge on any atom is 0.143 e. The van der Waals surface area contributed by atoms with Gasteiger partial charge in [-0.05, 0) is 190 Å². The van der Waals surface area contributed by atoms with E-state index in [1.54, 1.807) is 0 Å². The van der Waals surface area contributed by atoms with E-state index >= 15 is 0 Å². The second-order valence-electron chi connectivity index (χ2n) is 24.2. The van der Waals surface area contributed by atoms with Gasteiger partial charge in [-0.1, -0.05) is 199 Å². The van der Waals surface area contributed by atoms with Crippen LogP contribution in [0.2, 0.25) is 0 Å². The molecule has 0 saturated heterocycles. The molecule has 12 aromatic rings. The molecule has 0 N–H and O–H groups in total. The van der Waals surface area contributed by atoms with Gasteiger partial charge in [0, 0.05) is 49.6 Å². The minimum absolute atomic E-state index is 0.162. The third-order valence-electron chi connectivity index (χ3n) is 18.9. The number of furan rings is 1. The Kier molecular flexibility index (Phi) is 9.42. The second kappa shape index (κ2) is 16.2. The smallest absolute Gasteiger partial charge is 0.143 e. The topological polar surface area (TPSA) is 16.4 Å². The highest BCUT2D eigenvalue weighted by Crippen LogP contribution is 2.64. The molecule has 0 bridgehead atoms. The predicted molar refractivity (Wildman–Crippen MR) is 327 cm³/mol. The first-order chi connectivity index (χ1) is 38.0. The first-order valence-corrected chi connectivity index (χ1v) is 28.1. The number of anilines is 3. The molecule has 1 heterocycles. The Bertz CT molecular complexity index is 4540. The highest BCUT2D eigenvalue weighted by molar-refractivity contribution is 6.19. The number of hydrogen-bond donors (Lipinski definition) is 0. The maximum atomic E-state index is 6.95. The lowest BCUT2D eigenvalue weighted by Crippen LogP contribution is -2.25. The minimum atomic E-state index is -0.331. The molecule has 374 valence electrons. The van der Waals surface area contributed by atoms with Crippen LogP contribution in [0.15, 0.2) is 217 Å². The van der Waals surface area contributed by atoms with Crippen molar-refractivity contribution in [1.29, 1.82) is 0 Å². The number of hydrogen-bond acceptors (Lipinski definition) is 2. The van der Waals surface area contributed by atoms with Crippen LogP contribution in [0.25, 0.3) is 99.5 Å². The molecular formula is C76H59NO. The molecule has 16 rings (SSSR count). The summed E-state index contributed by atoms with van der Waals surface area (Å²) in [6.07, 6.45) is 3.30. The van der Waals surface area contributed by atoms with E-state index in [2.05, 4.69) is 259 Å². The Morgan fingerprint density at radius 2 is 0.962 bits per heavy atom. The summed E-state index contributed by atoms with van der Waals surface area (Å²) in [7, 11) is 0. The molecule has 1 aromatic heterocycles. The summed E-state index contributed by atoms with van der Waals surface area (Å²) in [5.74, 6) is 0. The number of rotatable bonds is 5. The standard InChI is InChI=1S/C76H59NO/c1-74(2)62-42-52(37-39-56(62)68-64(74)44-60(50-32-31-46-21-10-11-23-49(46)41-50)73-70(68)58-27-15-17-30-65(58)78-73)77(51-35-33-47(34-36-51)45-19-8-7-9-20-45)53-38-40-57-63(43-53)76(5,6)72-69(57)66-54-25-13-12-22-48(54)24-18-28-59(66)67-55-26-14-16-29-61(55)75(3,4)71(67)72/h7-17,19-23,25-27,29-44H,18,24,28H2,1-6H3. The third-order valence-corrected chi connectivity index (χ3v) is 18.9. The highest BCUT2D eigenvalue weighted by atomic mass is 16.3. The number of nitrogens with zero attached hydrogens (tertiary/aromatic N) is 1. The van der Waals surface area contributed by atoms with Crippen molar-refractivity contribution < 1.29 is 4.42 Å². The van der Waals surface area contributed by atoms with Gasteiger partial charge in [0.2, 0.25) is 0 Å². The van der Waals surface area contributed by atoms with Crippen LogP contribution < -0.4 is 4.90 Å². The number of fused-ring (bicyclic) bond motifs is 20. The van der Waals surface area contributed by atoms with E-state index < -0.39 is 0 Å². The first kappa shape index (κ1) is 45.5. The van der Waals surface area contributed by atoms with Gasteiger partial charge in [-0.3, -0.25) is 0 Å². The lowest BCUT2D eigenvalue weighted by Gasteiger charge is -2.33. The van der Waals surface area contributed by atoms with Crippen molar-refractivity contribution in [1.82, 2.24) is 0 Å². The molecule has 0 spiro atoms. The second-order valence-corrected chi connectivity index (χ2v) is 24.2. The van der Waals surface area contributed by atoms with Gasteiger partial charge in [-0.15, -0.1) is 0 Å². The Labute approximate surface area is 457 Å². The van der Waals surface area contributed by atoms with Gasteiger partial charge in [-0.2, -0.15) is 0 Å². The third kappa shape index (κ3) is 6.20. The summed E-state index contributed by atoms with van der Waals surface area (Å²) in [5.41, 5.74) is 31.8. The lowest BCUT2D eigenvalue weighted by molar-refractivity contribution is 0.600. The Morgan fingerprint density at radius 1 is 0.372 bits per heavy atom.